The molecule has 5 heteroatoms. The number of rotatable bonds is 5. The Balaban J connectivity index is 2.37. The van der Waals surface area contributed by atoms with Crippen molar-refractivity contribution in [3.05, 3.63) is 17.3 Å². The zero-order valence-corrected chi connectivity index (χ0v) is 9.62. The fraction of sp³-hybridized carbons (Fsp3) is 0.500. The maximum absolute atomic E-state index is 5.70. The Morgan fingerprint density at radius 2 is 2.20 bits per heavy atom. The zero-order chi connectivity index (χ0) is 11.3. The molecule has 0 atom stereocenters. The van der Waals surface area contributed by atoms with Crippen LogP contribution >= 0.6 is 11.6 Å². The quantitative estimate of drug-likeness (QED) is 0.788. The molecular weight excluding hydrogens is 216 g/mol. The van der Waals surface area contributed by atoms with Crippen LogP contribution in [0.4, 0.5) is 5.69 Å². The molecule has 1 aromatic rings. The molecule has 0 aliphatic heterocycles. The summed E-state index contributed by atoms with van der Waals surface area (Å²) < 4.78 is 10.6. The second-order valence-electron chi connectivity index (χ2n) is 3.32. The first-order valence-electron chi connectivity index (χ1n) is 4.75. The maximum atomic E-state index is 5.70. The summed E-state index contributed by atoms with van der Waals surface area (Å²) in [5, 5.41) is 0.498. The van der Waals surface area contributed by atoms with Gasteiger partial charge in [0.15, 0.2) is 0 Å². The van der Waals surface area contributed by atoms with Crippen molar-refractivity contribution in [1.82, 2.24) is 4.98 Å². The van der Waals surface area contributed by atoms with Crippen molar-refractivity contribution < 1.29 is 9.47 Å². The molecule has 0 aromatic carbocycles. The molecule has 0 unspecified atom stereocenters. The molecule has 0 amide bonds. The Morgan fingerprint density at radius 3 is 2.80 bits per heavy atom. The molecule has 2 N–H and O–H groups in total. The van der Waals surface area contributed by atoms with E-state index in [1.165, 1.54) is 6.20 Å². The van der Waals surface area contributed by atoms with E-state index in [1.807, 2.05) is 13.8 Å². The Bertz CT molecular complexity index is 318. The highest BCUT2D eigenvalue weighted by Crippen LogP contribution is 2.21. The molecule has 1 heterocycles. The van der Waals surface area contributed by atoms with Gasteiger partial charge in [0.05, 0.1) is 23.4 Å². The topological polar surface area (TPSA) is 57.4 Å². The minimum Gasteiger partial charge on any atom is -0.474 e. The van der Waals surface area contributed by atoms with Gasteiger partial charge in [-0.05, 0) is 19.9 Å². The Morgan fingerprint density at radius 1 is 1.47 bits per heavy atom. The van der Waals surface area contributed by atoms with Gasteiger partial charge in [0, 0.05) is 6.20 Å². The normalized spacial score (nSPS) is 10.7. The third-order valence-electron chi connectivity index (χ3n) is 1.62. The van der Waals surface area contributed by atoms with Gasteiger partial charge < -0.3 is 15.2 Å². The third-order valence-corrected chi connectivity index (χ3v) is 1.83. The van der Waals surface area contributed by atoms with Crippen molar-refractivity contribution in [2.24, 2.45) is 0 Å². The van der Waals surface area contributed by atoms with E-state index in [2.05, 4.69) is 4.98 Å². The van der Waals surface area contributed by atoms with Crippen LogP contribution in [0.25, 0.3) is 0 Å². The molecule has 4 nitrogen and oxygen atoms in total. The molecule has 0 bridgehead atoms. The number of pyridine rings is 1. The lowest BCUT2D eigenvalue weighted by Crippen LogP contribution is -2.12. The molecule has 1 aromatic heterocycles. The van der Waals surface area contributed by atoms with E-state index in [-0.39, 0.29) is 6.10 Å². The van der Waals surface area contributed by atoms with Crippen molar-refractivity contribution in [2.45, 2.75) is 20.0 Å². The van der Waals surface area contributed by atoms with Crippen LogP contribution in [-0.2, 0) is 4.74 Å². The fourth-order valence-corrected chi connectivity index (χ4v) is 1.15. The molecule has 0 aliphatic carbocycles. The first-order valence-corrected chi connectivity index (χ1v) is 5.13. The van der Waals surface area contributed by atoms with Crippen molar-refractivity contribution >= 4 is 17.3 Å². The number of anilines is 1. The average molecular weight is 231 g/mol. The predicted molar refractivity (Wildman–Crippen MR) is 60.2 cm³/mol. The first kappa shape index (κ1) is 12.1. The Labute approximate surface area is 94.3 Å². The van der Waals surface area contributed by atoms with Gasteiger partial charge in [-0.1, -0.05) is 11.6 Å². The first-order chi connectivity index (χ1) is 7.09. The standard InChI is InChI=1S/C10H15ClN2O2/c1-7(2)14-3-4-15-10-9(12)5-8(11)6-13-10/h5-7H,3-4,12H2,1-2H3. The van der Waals surface area contributed by atoms with Crippen molar-refractivity contribution in [3.8, 4) is 5.88 Å². The van der Waals surface area contributed by atoms with E-state index < -0.39 is 0 Å². The van der Waals surface area contributed by atoms with E-state index in [0.717, 1.165) is 0 Å². The number of hydrogen-bond acceptors (Lipinski definition) is 4. The van der Waals surface area contributed by atoms with Crippen LogP contribution in [0.5, 0.6) is 5.88 Å². The van der Waals surface area contributed by atoms with E-state index in [9.17, 15) is 0 Å². The van der Waals surface area contributed by atoms with Gasteiger partial charge in [0.1, 0.15) is 6.61 Å². The maximum Gasteiger partial charge on any atom is 0.237 e. The Kier molecular flexibility index (Phi) is 4.65. The summed E-state index contributed by atoms with van der Waals surface area (Å²) in [5.74, 6) is 0.395. The number of nitrogens with two attached hydrogens (primary N) is 1. The smallest absolute Gasteiger partial charge is 0.237 e. The number of aromatic nitrogens is 1. The average Bonchev–Trinajstić information content (AvgIpc) is 2.14. The summed E-state index contributed by atoms with van der Waals surface area (Å²) in [7, 11) is 0. The molecule has 0 saturated carbocycles. The minimum absolute atomic E-state index is 0.198. The molecule has 15 heavy (non-hydrogen) atoms. The molecule has 0 radical (unpaired) electrons. The van der Waals surface area contributed by atoms with Gasteiger partial charge in [-0.3, -0.25) is 0 Å². The highest BCUT2D eigenvalue weighted by atomic mass is 35.5. The lowest BCUT2D eigenvalue weighted by atomic mass is 10.4. The number of nitrogens with zero attached hydrogens (tertiary/aromatic N) is 1. The number of ether oxygens (including phenoxy) is 2. The van der Waals surface area contributed by atoms with Crippen LogP contribution in [0.2, 0.25) is 5.02 Å². The number of nitrogen functional groups attached to an aromatic ring is 1. The summed E-state index contributed by atoms with van der Waals surface area (Å²) >= 11 is 5.70. The van der Waals surface area contributed by atoms with Crippen LogP contribution < -0.4 is 10.5 Å². The minimum atomic E-state index is 0.198. The van der Waals surface area contributed by atoms with E-state index in [4.69, 9.17) is 26.8 Å². The van der Waals surface area contributed by atoms with Crippen LogP contribution in [0, 0.1) is 0 Å². The lowest BCUT2D eigenvalue weighted by molar-refractivity contribution is 0.0544. The van der Waals surface area contributed by atoms with E-state index in [0.29, 0.717) is 29.8 Å². The zero-order valence-electron chi connectivity index (χ0n) is 8.87. The second-order valence-corrected chi connectivity index (χ2v) is 3.75. The summed E-state index contributed by atoms with van der Waals surface area (Å²) in [5.41, 5.74) is 6.09. The van der Waals surface area contributed by atoms with Gasteiger partial charge in [0.25, 0.3) is 0 Å². The molecule has 0 fully saturated rings. The number of hydrogen-bond donors (Lipinski definition) is 1. The van der Waals surface area contributed by atoms with Crippen LogP contribution in [0.3, 0.4) is 0 Å². The van der Waals surface area contributed by atoms with Gasteiger partial charge in [-0.15, -0.1) is 0 Å². The molecule has 0 aliphatic rings. The van der Waals surface area contributed by atoms with E-state index in [1.54, 1.807) is 6.07 Å². The van der Waals surface area contributed by atoms with Gasteiger partial charge in [-0.25, -0.2) is 4.98 Å². The third kappa shape index (κ3) is 4.36. The SMILES string of the molecule is CC(C)OCCOc1ncc(Cl)cc1N. The summed E-state index contributed by atoms with van der Waals surface area (Å²) in [4.78, 5) is 3.96. The predicted octanol–water partition coefficient (Wildman–Crippen LogP) is 2.12. The van der Waals surface area contributed by atoms with Crippen molar-refractivity contribution in [1.29, 1.82) is 0 Å². The van der Waals surface area contributed by atoms with Crippen molar-refractivity contribution in [2.75, 3.05) is 18.9 Å². The van der Waals surface area contributed by atoms with Crippen molar-refractivity contribution in [3.63, 3.8) is 0 Å². The van der Waals surface area contributed by atoms with Gasteiger partial charge >= 0.3 is 0 Å². The Hall–Kier alpha value is -1.00. The molecule has 1 rings (SSSR count). The van der Waals surface area contributed by atoms with Crippen LogP contribution in [-0.4, -0.2) is 24.3 Å². The summed E-state index contributed by atoms with van der Waals surface area (Å²) in [6, 6.07) is 1.60. The lowest BCUT2D eigenvalue weighted by Gasteiger charge is -2.09. The second kappa shape index (κ2) is 5.78. The van der Waals surface area contributed by atoms with Gasteiger partial charge in [0.2, 0.25) is 5.88 Å². The van der Waals surface area contributed by atoms with Crippen LogP contribution in [0.1, 0.15) is 13.8 Å². The number of halogens is 1. The molecule has 84 valence electrons. The van der Waals surface area contributed by atoms with E-state index >= 15 is 0 Å². The molecular formula is C10H15ClN2O2. The largest absolute Gasteiger partial charge is 0.474 e. The highest BCUT2D eigenvalue weighted by molar-refractivity contribution is 6.30. The molecule has 0 spiro atoms. The summed E-state index contributed by atoms with van der Waals surface area (Å²) in [6.45, 7) is 4.88. The summed E-state index contributed by atoms with van der Waals surface area (Å²) in [6.07, 6.45) is 1.69. The monoisotopic (exact) mass is 230 g/mol. The highest BCUT2D eigenvalue weighted by Gasteiger charge is 2.02. The van der Waals surface area contributed by atoms with Crippen LogP contribution in [0.15, 0.2) is 12.3 Å². The van der Waals surface area contributed by atoms with Gasteiger partial charge in [-0.2, -0.15) is 0 Å². The fourth-order valence-electron chi connectivity index (χ4n) is 0.985. The molecule has 0 saturated heterocycles.